The summed E-state index contributed by atoms with van der Waals surface area (Å²) in [6, 6.07) is 65.9. The van der Waals surface area contributed by atoms with Gasteiger partial charge in [0.05, 0.1) is 0 Å². The smallest absolute Gasteiger partial charge is 0.256 e. The Bertz CT molecular complexity index is 3840. The van der Waals surface area contributed by atoms with E-state index in [1.165, 1.54) is 31.2 Å². The molecule has 0 saturated heterocycles. The number of benzene rings is 9. The van der Waals surface area contributed by atoms with Crippen LogP contribution in [0.5, 0.6) is 11.5 Å². The van der Waals surface area contributed by atoms with Gasteiger partial charge in [0, 0.05) is 81.9 Å². The predicted molar refractivity (Wildman–Crippen MR) is 273 cm³/mol. The molecule has 0 radical (unpaired) electrons. The average Bonchev–Trinajstić information content (AvgIpc) is 4.01. The van der Waals surface area contributed by atoms with Gasteiger partial charge in [-0.25, -0.2) is 0 Å². The van der Waals surface area contributed by atoms with Crippen LogP contribution in [0.2, 0.25) is 0 Å². The third-order valence-corrected chi connectivity index (χ3v) is 14.8. The van der Waals surface area contributed by atoms with Gasteiger partial charge in [0.25, 0.3) is 6.71 Å². The van der Waals surface area contributed by atoms with Gasteiger partial charge in [0.15, 0.2) is 0 Å². The Morgan fingerprint density at radius 2 is 1.09 bits per heavy atom. The molecule has 65 heavy (non-hydrogen) atoms. The van der Waals surface area contributed by atoms with Crippen LogP contribution in [0.3, 0.4) is 0 Å². The fourth-order valence-corrected chi connectivity index (χ4v) is 11.7. The van der Waals surface area contributed by atoms with E-state index in [9.17, 15) is 0 Å². The number of fused-ring (bicyclic) bond motifs is 13. The molecule has 0 saturated carbocycles. The summed E-state index contributed by atoms with van der Waals surface area (Å²) in [5.41, 5.74) is 14.8. The highest BCUT2D eigenvalue weighted by molar-refractivity contribution is 7.25. The van der Waals surface area contributed by atoms with Crippen LogP contribution in [0.4, 0.5) is 34.1 Å². The lowest BCUT2D eigenvalue weighted by Crippen LogP contribution is -2.59. The van der Waals surface area contributed by atoms with Crippen LogP contribution in [0.1, 0.15) is 26.3 Å². The summed E-state index contributed by atoms with van der Waals surface area (Å²) in [5.74, 6) is 1.68. The van der Waals surface area contributed by atoms with Crippen LogP contribution in [-0.2, 0) is 5.41 Å². The van der Waals surface area contributed by atoms with Crippen molar-refractivity contribution in [2.75, 3.05) is 9.80 Å². The van der Waals surface area contributed by atoms with Crippen LogP contribution >= 0.6 is 11.3 Å². The predicted octanol–water partition coefficient (Wildman–Crippen LogP) is 15.0. The largest absolute Gasteiger partial charge is 0.458 e. The molecule has 0 bridgehead atoms. The fourth-order valence-electron chi connectivity index (χ4n) is 10.6. The van der Waals surface area contributed by atoms with Gasteiger partial charge in [0.2, 0.25) is 0 Å². The van der Waals surface area contributed by atoms with Gasteiger partial charge in [-0.05, 0) is 118 Å². The number of hydrogen-bond acceptors (Lipinski definition) is 6. The van der Waals surface area contributed by atoms with Crippen molar-refractivity contribution in [3.8, 4) is 11.5 Å². The minimum atomic E-state index is -0.0900. The van der Waals surface area contributed by atoms with Gasteiger partial charge in [-0.2, -0.15) is 0 Å². The summed E-state index contributed by atoms with van der Waals surface area (Å²) in [4.78, 5) is 4.86. The molecular weight excluding hydrogens is 816 g/mol. The minimum absolute atomic E-state index is 0.0133. The summed E-state index contributed by atoms with van der Waals surface area (Å²) < 4.78 is 22.2. The Kier molecular flexibility index (Phi) is 7.57. The summed E-state index contributed by atoms with van der Waals surface area (Å²) in [7, 11) is 0. The summed E-state index contributed by atoms with van der Waals surface area (Å²) in [6.07, 6.45) is 0. The van der Waals surface area contributed by atoms with Gasteiger partial charge in [-0.3, -0.25) is 0 Å². The molecule has 0 aliphatic carbocycles. The van der Waals surface area contributed by atoms with E-state index in [0.717, 1.165) is 100 Å². The lowest BCUT2D eigenvalue weighted by molar-refractivity contribution is 0.487. The normalized spacial score (nSPS) is 13.2. The second kappa shape index (κ2) is 13.4. The van der Waals surface area contributed by atoms with Gasteiger partial charge >= 0.3 is 0 Å². The highest BCUT2D eigenvalue weighted by Gasteiger charge is 2.42. The monoisotopic (exact) mass is 854 g/mol. The van der Waals surface area contributed by atoms with Crippen LogP contribution in [0.25, 0.3) is 64.0 Å². The Labute approximate surface area is 379 Å². The van der Waals surface area contributed by atoms with E-state index in [0.29, 0.717) is 0 Å². The molecule has 0 fully saturated rings. The quantitative estimate of drug-likeness (QED) is 0.165. The fraction of sp³-hybridized carbons (Fsp3) is 0.0690. The molecule has 0 spiro atoms. The van der Waals surface area contributed by atoms with E-state index in [4.69, 9.17) is 13.6 Å². The Balaban J connectivity index is 1.03. The third kappa shape index (κ3) is 5.46. The maximum atomic E-state index is 6.89. The molecule has 0 N–H and O–H groups in total. The first-order valence-electron chi connectivity index (χ1n) is 22.3. The van der Waals surface area contributed by atoms with E-state index >= 15 is 0 Å². The molecule has 2 aliphatic rings. The van der Waals surface area contributed by atoms with Crippen molar-refractivity contribution in [3.05, 3.63) is 188 Å². The van der Waals surface area contributed by atoms with Gasteiger partial charge in [-0.15, -0.1) is 11.3 Å². The van der Waals surface area contributed by atoms with Crippen molar-refractivity contribution in [1.29, 1.82) is 0 Å². The van der Waals surface area contributed by atoms with E-state index in [-0.39, 0.29) is 12.1 Å². The molecule has 2 aliphatic heterocycles. The van der Waals surface area contributed by atoms with E-state index < -0.39 is 0 Å². The molecule has 5 nitrogen and oxygen atoms in total. The third-order valence-electron chi connectivity index (χ3n) is 13.7. The zero-order valence-electron chi connectivity index (χ0n) is 35.9. The molecule has 5 heterocycles. The van der Waals surface area contributed by atoms with Crippen molar-refractivity contribution in [3.63, 3.8) is 0 Å². The molecule has 14 rings (SSSR count). The first kappa shape index (κ1) is 36.7. The number of rotatable bonds is 4. The molecule has 12 aromatic rings. The minimum Gasteiger partial charge on any atom is -0.458 e. The van der Waals surface area contributed by atoms with Crippen LogP contribution in [0.15, 0.2) is 191 Å². The van der Waals surface area contributed by atoms with E-state index in [2.05, 4.69) is 188 Å². The van der Waals surface area contributed by atoms with Crippen molar-refractivity contribution in [1.82, 2.24) is 0 Å². The Morgan fingerprint density at radius 3 is 1.88 bits per heavy atom. The summed E-state index contributed by atoms with van der Waals surface area (Å²) in [5, 5.41) is 6.90. The molecule has 0 atom stereocenters. The van der Waals surface area contributed by atoms with Crippen molar-refractivity contribution in [2.24, 2.45) is 0 Å². The number of anilines is 6. The number of ether oxygens (including phenoxy) is 1. The number of furan rings is 2. The van der Waals surface area contributed by atoms with Crippen LogP contribution < -0.4 is 30.9 Å². The highest BCUT2D eigenvalue weighted by Crippen LogP contribution is 2.47. The molecule has 3 aromatic heterocycles. The second-order valence-corrected chi connectivity index (χ2v) is 19.6. The topological polar surface area (TPSA) is 42.0 Å². The Hall–Kier alpha value is -7.74. The summed E-state index contributed by atoms with van der Waals surface area (Å²) >= 11 is 1.84. The van der Waals surface area contributed by atoms with Gasteiger partial charge in [-0.1, -0.05) is 106 Å². The first-order chi connectivity index (χ1) is 31.8. The van der Waals surface area contributed by atoms with E-state index in [1.54, 1.807) is 0 Å². The maximum absolute atomic E-state index is 6.89. The lowest BCUT2D eigenvalue weighted by atomic mass is 9.34. The number of hydrogen-bond donors (Lipinski definition) is 0. The molecule has 308 valence electrons. The van der Waals surface area contributed by atoms with E-state index in [1.807, 2.05) is 35.6 Å². The molecular formula is C58H39BN2O3S. The van der Waals surface area contributed by atoms with Crippen LogP contribution in [-0.4, -0.2) is 6.71 Å². The van der Waals surface area contributed by atoms with Crippen molar-refractivity contribution in [2.45, 2.75) is 26.2 Å². The average molecular weight is 855 g/mol. The summed E-state index contributed by atoms with van der Waals surface area (Å²) in [6.45, 7) is 6.72. The number of nitrogens with zero attached hydrogens (tertiary/aromatic N) is 2. The Morgan fingerprint density at radius 1 is 0.462 bits per heavy atom. The maximum Gasteiger partial charge on any atom is 0.256 e. The molecule has 7 heteroatoms. The second-order valence-electron chi connectivity index (χ2n) is 18.5. The van der Waals surface area contributed by atoms with Crippen LogP contribution in [0, 0.1) is 0 Å². The number of para-hydroxylation sites is 2. The zero-order valence-corrected chi connectivity index (χ0v) is 36.7. The zero-order chi connectivity index (χ0) is 43.1. The number of thiophene rings is 1. The molecule has 9 aromatic carbocycles. The first-order valence-corrected chi connectivity index (χ1v) is 23.1. The van der Waals surface area contributed by atoms with Gasteiger partial charge < -0.3 is 23.4 Å². The van der Waals surface area contributed by atoms with Gasteiger partial charge in [0.1, 0.15) is 33.8 Å². The standard InChI is InChI=1S/C58H39BN2O3S/c1-58(2,3)34-19-21-35(22-20-34)61-47-14-10-17-52-57(47)59(46-32-43-40-12-5-8-16-50(40)63-53(43)33-54(46)64-52)45-26-23-38(31-48(45)61)60(36-24-27-51-42(29-36)39-11-4-7-15-49(39)62-51)37-25-28-56-44(30-37)41-13-6-9-18-55(41)65-56/h4-33H,1-3H3. The SMILES string of the molecule is CC(C)(C)c1ccc(N2c3cc(N(c4ccc5oc6ccccc6c5c4)c4ccc5sc6ccccc6c5c4)ccc3B3c4cc5c(cc4Oc4cccc2c43)oc2ccccc25)cc1. The molecule has 0 amide bonds. The lowest BCUT2D eigenvalue weighted by Gasteiger charge is -2.40. The van der Waals surface area contributed by atoms with Crippen molar-refractivity contribution >= 4 is 133 Å². The highest BCUT2D eigenvalue weighted by atomic mass is 32.1. The van der Waals surface area contributed by atoms with Crippen molar-refractivity contribution < 1.29 is 13.6 Å². The molecule has 0 unspecified atom stereocenters.